The molecule has 0 aliphatic rings. The van der Waals surface area contributed by atoms with Crippen LogP contribution in [0.4, 0.5) is 0 Å². The van der Waals surface area contributed by atoms with Gasteiger partial charge in [0.05, 0.1) is 0 Å². The first kappa shape index (κ1) is 9.93. The zero-order valence-corrected chi connectivity index (χ0v) is 7.75. The molecule has 0 fully saturated rings. The van der Waals surface area contributed by atoms with Crippen LogP contribution in [0.15, 0.2) is 30.3 Å². The fraction of sp³-hybridized carbons (Fsp3) is 0.200. The van der Waals surface area contributed by atoms with E-state index in [0.29, 0.717) is 6.42 Å². The van der Waals surface area contributed by atoms with Crippen LogP contribution in [0.3, 0.4) is 0 Å². The van der Waals surface area contributed by atoms with Gasteiger partial charge in [-0.05, 0) is 23.6 Å². The average molecular weight is 197 g/mol. The van der Waals surface area contributed by atoms with Crippen molar-refractivity contribution in [1.29, 1.82) is 0 Å². The van der Waals surface area contributed by atoms with E-state index in [0.717, 1.165) is 5.56 Å². The van der Waals surface area contributed by atoms with Crippen LogP contribution < -0.4 is 0 Å². The zero-order valence-electron chi connectivity index (χ0n) is 7.00. The summed E-state index contributed by atoms with van der Waals surface area (Å²) >= 11 is 5.01. The van der Waals surface area contributed by atoms with Crippen molar-refractivity contribution in [2.45, 2.75) is 12.8 Å². The highest BCUT2D eigenvalue weighted by atomic mass is 35.5. The first-order valence-electron chi connectivity index (χ1n) is 3.97. The van der Waals surface area contributed by atoms with Crippen LogP contribution in [0.5, 0.6) is 0 Å². The molecule has 0 aromatic heterocycles. The smallest absolute Gasteiger partial charge is 0.288 e. The van der Waals surface area contributed by atoms with Crippen LogP contribution in [-0.2, 0) is 16.0 Å². The average Bonchev–Trinajstić information content (AvgIpc) is 2.15. The Bertz CT molecular complexity index is 306. The molecule has 0 radical (unpaired) electrons. The van der Waals surface area contributed by atoms with Gasteiger partial charge < -0.3 is 0 Å². The van der Waals surface area contributed by atoms with Crippen molar-refractivity contribution >= 4 is 22.6 Å². The Hall–Kier alpha value is -1.15. The molecule has 0 saturated carbocycles. The molecule has 0 N–H and O–H groups in total. The number of rotatable bonds is 4. The first-order chi connectivity index (χ1) is 6.20. The molecule has 1 aromatic carbocycles. The lowest BCUT2D eigenvalue weighted by Gasteiger charge is -1.96. The van der Waals surface area contributed by atoms with Gasteiger partial charge in [0, 0.05) is 6.42 Å². The minimum absolute atomic E-state index is 0.187. The minimum Gasteiger partial charge on any atom is -0.289 e. The molecular weight excluding hydrogens is 188 g/mol. The van der Waals surface area contributed by atoms with Crippen molar-refractivity contribution in [3.05, 3.63) is 35.9 Å². The van der Waals surface area contributed by atoms with Gasteiger partial charge in [-0.25, -0.2) is 0 Å². The van der Waals surface area contributed by atoms with Crippen LogP contribution in [0.2, 0.25) is 0 Å². The van der Waals surface area contributed by atoms with E-state index in [4.69, 9.17) is 11.6 Å². The number of Topliss-reactive ketones (excluding diaryl/α,β-unsaturated/α-hetero) is 1. The Labute approximate surface area is 81.5 Å². The molecule has 3 heteroatoms. The monoisotopic (exact) mass is 196 g/mol. The summed E-state index contributed by atoms with van der Waals surface area (Å²) in [7, 11) is 0. The molecule has 0 atom stereocenters. The van der Waals surface area contributed by atoms with Gasteiger partial charge >= 0.3 is 0 Å². The maximum absolute atomic E-state index is 10.8. The number of halogens is 1. The molecule has 68 valence electrons. The molecule has 0 heterocycles. The molecule has 2 nitrogen and oxygen atoms in total. The third-order valence-corrected chi connectivity index (χ3v) is 1.91. The Morgan fingerprint density at radius 2 is 1.77 bits per heavy atom. The highest BCUT2D eigenvalue weighted by Gasteiger charge is 2.09. The van der Waals surface area contributed by atoms with Crippen molar-refractivity contribution in [2.24, 2.45) is 0 Å². The summed E-state index contributed by atoms with van der Waals surface area (Å²) in [5.74, 6) is -0.523. The van der Waals surface area contributed by atoms with Gasteiger partial charge in [0.1, 0.15) is 0 Å². The van der Waals surface area contributed by atoms with E-state index in [1.165, 1.54) is 0 Å². The molecule has 0 spiro atoms. The fourth-order valence-corrected chi connectivity index (χ4v) is 1.10. The molecule has 1 aromatic rings. The maximum Gasteiger partial charge on any atom is 0.288 e. The number of carbonyl (C=O) groups excluding carboxylic acids is 2. The normalized spacial score (nSPS) is 9.62. The highest BCUT2D eigenvalue weighted by Crippen LogP contribution is 2.03. The number of aryl methyl sites for hydroxylation is 1. The Kier molecular flexibility index (Phi) is 3.65. The van der Waals surface area contributed by atoms with Gasteiger partial charge in [-0.1, -0.05) is 30.3 Å². The standard InChI is InChI=1S/C10H9ClO2/c11-10(13)9(12)7-6-8-4-2-1-3-5-8/h1-5H,6-7H2. The minimum atomic E-state index is -0.879. The van der Waals surface area contributed by atoms with Gasteiger partial charge in [-0.3, -0.25) is 9.59 Å². The lowest BCUT2D eigenvalue weighted by Crippen LogP contribution is -2.07. The van der Waals surface area contributed by atoms with E-state index in [1.807, 2.05) is 30.3 Å². The predicted molar refractivity (Wildman–Crippen MR) is 50.6 cm³/mol. The molecule has 13 heavy (non-hydrogen) atoms. The third-order valence-electron chi connectivity index (χ3n) is 1.70. The molecule has 0 amide bonds. The number of ketones is 1. The Morgan fingerprint density at radius 1 is 1.15 bits per heavy atom. The number of hydrogen-bond donors (Lipinski definition) is 0. The first-order valence-corrected chi connectivity index (χ1v) is 4.34. The second-order valence-corrected chi connectivity index (χ2v) is 3.03. The van der Waals surface area contributed by atoms with E-state index in [9.17, 15) is 9.59 Å². The van der Waals surface area contributed by atoms with E-state index in [-0.39, 0.29) is 6.42 Å². The second kappa shape index (κ2) is 4.77. The van der Waals surface area contributed by atoms with Crippen molar-refractivity contribution < 1.29 is 9.59 Å². The van der Waals surface area contributed by atoms with Gasteiger partial charge in [0.2, 0.25) is 5.78 Å². The number of carbonyl (C=O) groups is 2. The topological polar surface area (TPSA) is 34.1 Å². The lowest BCUT2D eigenvalue weighted by atomic mass is 10.1. The summed E-state index contributed by atoms with van der Waals surface area (Å²) in [5.41, 5.74) is 1.04. The summed E-state index contributed by atoms with van der Waals surface area (Å²) in [6, 6.07) is 9.50. The summed E-state index contributed by atoms with van der Waals surface area (Å²) in [6.07, 6.45) is 0.754. The van der Waals surface area contributed by atoms with Gasteiger partial charge in [0.15, 0.2) is 0 Å². The molecule has 0 saturated heterocycles. The second-order valence-electron chi connectivity index (χ2n) is 2.68. The quantitative estimate of drug-likeness (QED) is 0.545. The fourth-order valence-electron chi connectivity index (χ4n) is 1.00. The van der Waals surface area contributed by atoms with Crippen LogP contribution in [-0.4, -0.2) is 11.0 Å². The molecule has 0 aliphatic heterocycles. The van der Waals surface area contributed by atoms with Crippen molar-refractivity contribution in [1.82, 2.24) is 0 Å². The third kappa shape index (κ3) is 3.38. The van der Waals surface area contributed by atoms with Gasteiger partial charge in [-0.15, -0.1) is 0 Å². The van der Waals surface area contributed by atoms with Crippen molar-refractivity contribution in [3.63, 3.8) is 0 Å². The summed E-state index contributed by atoms with van der Waals surface area (Å²) in [6.45, 7) is 0. The Morgan fingerprint density at radius 3 is 2.31 bits per heavy atom. The van der Waals surface area contributed by atoms with Crippen LogP contribution in [0.1, 0.15) is 12.0 Å². The van der Waals surface area contributed by atoms with Crippen LogP contribution in [0.25, 0.3) is 0 Å². The summed E-state index contributed by atoms with van der Waals surface area (Å²) in [4.78, 5) is 21.2. The highest BCUT2D eigenvalue weighted by molar-refractivity contribution is 6.81. The van der Waals surface area contributed by atoms with E-state index < -0.39 is 11.0 Å². The molecule has 0 aliphatic carbocycles. The summed E-state index contributed by atoms with van der Waals surface area (Å²) in [5, 5.41) is -0.879. The molecular formula is C10H9ClO2. The van der Waals surface area contributed by atoms with E-state index in [2.05, 4.69) is 0 Å². The molecule has 0 bridgehead atoms. The maximum atomic E-state index is 10.8. The molecule has 0 unspecified atom stereocenters. The lowest BCUT2D eigenvalue weighted by molar-refractivity contribution is -0.132. The molecule has 1 rings (SSSR count). The van der Waals surface area contributed by atoms with Crippen LogP contribution in [0, 0.1) is 0 Å². The predicted octanol–water partition coefficient (Wildman–Crippen LogP) is 1.95. The zero-order chi connectivity index (χ0) is 9.68. The SMILES string of the molecule is O=C(Cl)C(=O)CCc1ccccc1. The van der Waals surface area contributed by atoms with Crippen molar-refractivity contribution in [3.8, 4) is 0 Å². The van der Waals surface area contributed by atoms with Gasteiger partial charge in [0.25, 0.3) is 5.24 Å². The number of hydrogen-bond acceptors (Lipinski definition) is 2. The van der Waals surface area contributed by atoms with E-state index >= 15 is 0 Å². The van der Waals surface area contributed by atoms with E-state index in [1.54, 1.807) is 0 Å². The Balaban J connectivity index is 2.44. The summed E-state index contributed by atoms with van der Waals surface area (Å²) < 4.78 is 0. The van der Waals surface area contributed by atoms with Crippen molar-refractivity contribution in [2.75, 3.05) is 0 Å². The van der Waals surface area contributed by atoms with Gasteiger partial charge in [-0.2, -0.15) is 0 Å². The van der Waals surface area contributed by atoms with Crippen LogP contribution >= 0.6 is 11.6 Å². The number of benzene rings is 1. The largest absolute Gasteiger partial charge is 0.289 e.